The number of nitrogens with zero attached hydrogens (tertiary/aromatic N) is 5. The Morgan fingerprint density at radius 1 is 1.21 bits per heavy atom. The van der Waals surface area contributed by atoms with Crippen molar-refractivity contribution in [2.24, 2.45) is 12.8 Å². The summed E-state index contributed by atoms with van der Waals surface area (Å²) in [4.78, 5) is 29.3. The minimum atomic E-state index is -2.83. The highest BCUT2D eigenvalue weighted by Gasteiger charge is 2.26. The summed E-state index contributed by atoms with van der Waals surface area (Å²) in [5, 5.41) is 11.4. The van der Waals surface area contributed by atoms with Crippen molar-refractivity contribution < 1.29 is 18.4 Å². The van der Waals surface area contributed by atoms with Crippen molar-refractivity contribution in [3.05, 3.63) is 44.9 Å². The average molecular weight is 538 g/mol. The smallest absolute Gasteiger partial charge is 0.280 e. The number of primary amides is 1. The number of amides is 2. The summed E-state index contributed by atoms with van der Waals surface area (Å²) in [5.74, 6) is -1.28. The van der Waals surface area contributed by atoms with E-state index in [1.165, 1.54) is 16.9 Å². The normalized spacial score (nSPS) is 11.5. The molecule has 4 aromatic heterocycles. The van der Waals surface area contributed by atoms with Gasteiger partial charge in [-0.1, -0.05) is 0 Å². The molecule has 3 N–H and O–H groups in total. The molecule has 13 heteroatoms. The van der Waals surface area contributed by atoms with E-state index in [9.17, 15) is 18.4 Å². The Kier molecular flexibility index (Phi) is 6.01. The Balaban J connectivity index is 1.90. The van der Waals surface area contributed by atoms with Gasteiger partial charge in [-0.25, -0.2) is 13.8 Å². The van der Waals surface area contributed by atoms with E-state index in [0.717, 1.165) is 21.5 Å². The van der Waals surface area contributed by atoms with Crippen molar-refractivity contribution in [1.82, 2.24) is 24.5 Å². The summed E-state index contributed by atoms with van der Waals surface area (Å²) in [7, 11) is 1.72. The van der Waals surface area contributed by atoms with E-state index in [1.807, 2.05) is 0 Å². The van der Waals surface area contributed by atoms with Crippen LogP contribution in [-0.2, 0) is 18.4 Å². The maximum absolute atomic E-state index is 13.6. The number of rotatable bonds is 6. The Labute approximate surface area is 198 Å². The Morgan fingerprint density at radius 2 is 1.94 bits per heavy atom. The minimum absolute atomic E-state index is 0.0124. The molecule has 0 saturated carbocycles. The molecule has 0 aliphatic rings. The molecular weight excluding hydrogens is 520 g/mol. The van der Waals surface area contributed by atoms with Crippen LogP contribution in [0.5, 0.6) is 0 Å². The van der Waals surface area contributed by atoms with E-state index < -0.39 is 23.9 Å². The van der Waals surface area contributed by atoms with Crippen LogP contribution in [0.1, 0.15) is 33.2 Å². The van der Waals surface area contributed by atoms with E-state index in [0.29, 0.717) is 22.2 Å². The monoisotopic (exact) mass is 537 g/mol. The molecule has 0 atom stereocenters. The second-order valence-corrected chi connectivity index (χ2v) is 9.15. The van der Waals surface area contributed by atoms with Crippen molar-refractivity contribution in [2.75, 3.05) is 5.32 Å². The van der Waals surface area contributed by atoms with Gasteiger partial charge in [0, 0.05) is 23.7 Å². The molecule has 0 aliphatic carbocycles. The average Bonchev–Trinajstić information content (AvgIpc) is 3.39. The van der Waals surface area contributed by atoms with Gasteiger partial charge in [-0.15, -0.1) is 11.3 Å². The second kappa shape index (κ2) is 8.63. The molecule has 9 nitrogen and oxygen atoms in total. The SMILES string of the molecule is Cc1c(-c2cc(C(F)F)nc3sc(C(N)=O)c(NC(=O)Cn4ncc(Br)c4C)c23)cnn1C. The predicted octanol–water partition coefficient (Wildman–Crippen LogP) is 3.95. The lowest BCUT2D eigenvalue weighted by Crippen LogP contribution is -2.22. The maximum Gasteiger partial charge on any atom is 0.280 e. The zero-order chi connectivity index (χ0) is 24.0. The number of nitrogens with two attached hydrogens (primary N) is 1. The Morgan fingerprint density at radius 3 is 2.48 bits per heavy atom. The lowest BCUT2D eigenvalue weighted by molar-refractivity contribution is -0.116. The van der Waals surface area contributed by atoms with Crippen LogP contribution in [0, 0.1) is 13.8 Å². The van der Waals surface area contributed by atoms with E-state index in [2.05, 4.69) is 36.4 Å². The van der Waals surface area contributed by atoms with Crippen LogP contribution in [0.2, 0.25) is 0 Å². The minimum Gasteiger partial charge on any atom is -0.365 e. The van der Waals surface area contributed by atoms with E-state index in [4.69, 9.17) is 5.73 Å². The Bertz CT molecular complexity index is 1410. The van der Waals surface area contributed by atoms with Crippen molar-refractivity contribution in [3.63, 3.8) is 0 Å². The van der Waals surface area contributed by atoms with Crippen molar-refractivity contribution >= 4 is 55.0 Å². The number of fused-ring (bicyclic) bond motifs is 1. The first-order valence-electron chi connectivity index (χ1n) is 9.60. The Hall–Kier alpha value is -3.19. The highest BCUT2D eigenvalue weighted by atomic mass is 79.9. The molecule has 4 heterocycles. The lowest BCUT2D eigenvalue weighted by Gasteiger charge is -2.11. The zero-order valence-corrected chi connectivity index (χ0v) is 20.1. The third kappa shape index (κ3) is 4.13. The molecule has 0 aromatic carbocycles. The topological polar surface area (TPSA) is 121 Å². The highest BCUT2D eigenvalue weighted by molar-refractivity contribution is 9.10. The van der Waals surface area contributed by atoms with Crippen molar-refractivity contribution in [1.29, 1.82) is 0 Å². The van der Waals surface area contributed by atoms with Gasteiger partial charge in [-0.2, -0.15) is 10.2 Å². The van der Waals surface area contributed by atoms with Gasteiger partial charge < -0.3 is 11.1 Å². The summed E-state index contributed by atoms with van der Waals surface area (Å²) in [6.45, 7) is 3.45. The molecule has 0 bridgehead atoms. The predicted molar refractivity (Wildman–Crippen MR) is 123 cm³/mol. The molecule has 0 fully saturated rings. The molecular formula is C20H18BrF2N7O2S. The maximum atomic E-state index is 13.6. The van der Waals surface area contributed by atoms with E-state index in [-0.39, 0.29) is 21.9 Å². The molecule has 4 rings (SSSR count). The third-order valence-electron chi connectivity index (χ3n) is 5.26. The first kappa shape index (κ1) is 23.0. The number of pyridine rings is 1. The first-order valence-corrected chi connectivity index (χ1v) is 11.2. The number of carbonyl (C=O) groups excluding carboxylic acids is 2. The van der Waals surface area contributed by atoms with Crippen molar-refractivity contribution in [3.8, 4) is 11.1 Å². The molecule has 0 saturated heterocycles. The number of alkyl halides is 2. The van der Waals surface area contributed by atoms with Crippen LogP contribution >= 0.6 is 27.3 Å². The number of nitrogens with one attached hydrogen (secondary N) is 1. The van der Waals surface area contributed by atoms with Gasteiger partial charge in [-0.05, 0) is 41.4 Å². The van der Waals surface area contributed by atoms with Crippen molar-refractivity contribution in [2.45, 2.75) is 26.8 Å². The molecule has 33 heavy (non-hydrogen) atoms. The standard InChI is InChI=1S/C20H18BrF2N7O2S/c1-8-11(5-25-29(8)3)10-4-13(18(22)23)27-20-15(10)16(17(33-20)19(24)32)28-14(31)7-30-9(2)12(21)6-26-30/h4-6,18H,7H2,1-3H3,(H2,24,32)(H,28,31). The fraction of sp³-hybridized carbons (Fsp3) is 0.250. The summed E-state index contributed by atoms with van der Waals surface area (Å²) in [5.41, 5.74) is 7.63. The van der Waals surface area contributed by atoms with Gasteiger partial charge in [0.25, 0.3) is 12.3 Å². The van der Waals surface area contributed by atoms with Gasteiger partial charge in [0.05, 0.1) is 28.2 Å². The van der Waals surface area contributed by atoms with Gasteiger partial charge in [-0.3, -0.25) is 19.0 Å². The molecule has 2 amide bonds. The number of aryl methyl sites for hydroxylation is 1. The lowest BCUT2D eigenvalue weighted by atomic mass is 10.0. The number of anilines is 1. The number of halogens is 3. The number of hydrogen-bond acceptors (Lipinski definition) is 6. The molecule has 0 radical (unpaired) electrons. The number of aromatic nitrogens is 5. The molecule has 0 aliphatic heterocycles. The molecule has 0 spiro atoms. The van der Waals surface area contributed by atoms with Crippen LogP contribution in [0.4, 0.5) is 14.5 Å². The van der Waals surface area contributed by atoms with Crippen LogP contribution in [0.3, 0.4) is 0 Å². The van der Waals surface area contributed by atoms with Crippen LogP contribution in [-0.4, -0.2) is 36.4 Å². The number of thiophene rings is 1. The van der Waals surface area contributed by atoms with E-state index in [1.54, 1.807) is 31.8 Å². The van der Waals surface area contributed by atoms with Gasteiger partial charge >= 0.3 is 0 Å². The van der Waals surface area contributed by atoms with Gasteiger partial charge in [0.15, 0.2) is 0 Å². The summed E-state index contributed by atoms with van der Waals surface area (Å²) < 4.78 is 31.0. The van der Waals surface area contributed by atoms with E-state index >= 15 is 0 Å². The number of hydrogen-bond donors (Lipinski definition) is 2. The molecule has 4 aromatic rings. The fourth-order valence-corrected chi connectivity index (χ4v) is 4.71. The third-order valence-corrected chi connectivity index (χ3v) is 7.13. The van der Waals surface area contributed by atoms with Crippen LogP contribution in [0.25, 0.3) is 21.3 Å². The van der Waals surface area contributed by atoms with Crippen LogP contribution in [0.15, 0.2) is 22.9 Å². The first-order chi connectivity index (χ1) is 15.6. The van der Waals surface area contributed by atoms with Crippen LogP contribution < -0.4 is 11.1 Å². The second-order valence-electron chi connectivity index (χ2n) is 7.30. The summed E-state index contributed by atoms with van der Waals surface area (Å²) in [6, 6.07) is 1.25. The zero-order valence-electron chi connectivity index (χ0n) is 17.7. The summed E-state index contributed by atoms with van der Waals surface area (Å²) >= 11 is 4.19. The molecule has 0 unspecified atom stereocenters. The quantitative estimate of drug-likeness (QED) is 0.385. The fourth-order valence-electron chi connectivity index (χ4n) is 3.40. The number of carbonyl (C=O) groups is 2. The molecule has 172 valence electrons. The largest absolute Gasteiger partial charge is 0.365 e. The summed E-state index contributed by atoms with van der Waals surface area (Å²) in [6.07, 6.45) is 0.275. The van der Waals surface area contributed by atoms with Gasteiger partial charge in [0.2, 0.25) is 5.91 Å². The highest BCUT2D eigenvalue weighted by Crippen LogP contribution is 2.43. The van der Waals surface area contributed by atoms with Gasteiger partial charge in [0.1, 0.15) is 21.9 Å².